The number of urea groups is 1. The van der Waals surface area contributed by atoms with Gasteiger partial charge in [-0.15, -0.1) is 0 Å². The van der Waals surface area contributed by atoms with Gasteiger partial charge in [-0.3, -0.25) is 4.79 Å². The maximum absolute atomic E-state index is 12.0. The van der Waals surface area contributed by atoms with Crippen molar-refractivity contribution >= 4 is 11.9 Å². The normalized spacial score (nSPS) is 17.0. The standard InChI is InChI=1S/C18H27N3O3/c1-12-9-13(2)14(3)16(10-12)24-8-4-6-20-18(23)21-7-5-15(11-21)17(19)22/h9-10,15H,4-8,11H2,1-3H3,(H2,19,22)(H,20,23)/t15-/m0/s1. The van der Waals surface area contributed by atoms with Crippen LogP contribution < -0.4 is 15.8 Å². The molecule has 6 nitrogen and oxygen atoms in total. The van der Waals surface area contributed by atoms with Gasteiger partial charge in [-0.1, -0.05) is 6.07 Å². The first kappa shape index (κ1) is 18.1. The SMILES string of the molecule is Cc1cc(C)c(C)c(OCCCNC(=O)N2CC[C@H](C(N)=O)C2)c1. The molecule has 1 fully saturated rings. The molecule has 3 N–H and O–H groups in total. The van der Waals surface area contributed by atoms with Gasteiger partial charge < -0.3 is 20.7 Å². The fourth-order valence-electron chi connectivity index (χ4n) is 2.89. The summed E-state index contributed by atoms with van der Waals surface area (Å²) >= 11 is 0. The number of carbonyl (C=O) groups excluding carboxylic acids is 2. The monoisotopic (exact) mass is 333 g/mol. The molecule has 6 heteroatoms. The van der Waals surface area contributed by atoms with Crippen molar-refractivity contribution in [3.05, 3.63) is 28.8 Å². The van der Waals surface area contributed by atoms with E-state index >= 15 is 0 Å². The summed E-state index contributed by atoms with van der Waals surface area (Å²) in [5.41, 5.74) is 8.83. The number of benzene rings is 1. The van der Waals surface area contributed by atoms with Crippen LogP contribution in [0.5, 0.6) is 5.75 Å². The number of likely N-dealkylation sites (tertiary alicyclic amines) is 1. The van der Waals surface area contributed by atoms with Crippen molar-refractivity contribution in [2.45, 2.75) is 33.6 Å². The molecule has 1 aliphatic rings. The second kappa shape index (κ2) is 8.04. The van der Waals surface area contributed by atoms with Crippen LogP contribution in [0.15, 0.2) is 12.1 Å². The summed E-state index contributed by atoms with van der Waals surface area (Å²) in [6.45, 7) is 8.26. The van der Waals surface area contributed by atoms with Gasteiger partial charge >= 0.3 is 6.03 Å². The van der Waals surface area contributed by atoms with Gasteiger partial charge in [0.25, 0.3) is 0 Å². The van der Waals surface area contributed by atoms with E-state index < -0.39 is 0 Å². The fourth-order valence-corrected chi connectivity index (χ4v) is 2.89. The summed E-state index contributed by atoms with van der Waals surface area (Å²) in [5, 5.41) is 2.86. The Morgan fingerprint density at radius 2 is 2.08 bits per heavy atom. The van der Waals surface area contributed by atoms with Crippen molar-refractivity contribution in [3.63, 3.8) is 0 Å². The topological polar surface area (TPSA) is 84.7 Å². The van der Waals surface area contributed by atoms with E-state index in [1.54, 1.807) is 4.90 Å². The molecule has 0 aliphatic carbocycles. The lowest BCUT2D eigenvalue weighted by Gasteiger charge is -2.17. The summed E-state index contributed by atoms with van der Waals surface area (Å²) in [7, 11) is 0. The molecule has 1 saturated heterocycles. The minimum atomic E-state index is -0.331. The van der Waals surface area contributed by atoms with E-state index in [1.165, 1.54) is 11.1 Å². The van der Waals surface area contributed by atoms with Gasteiger partial charge in [0.05, 0.1) is 12.5 Å². The van der Waals surface area contributed by atoms with Crippen LogP contribution in [-0.4, -0.2) is 43.1 Å². The average molecular weight is 333 g/mol. The highest BCUT2D eigenvalue weighted by molar-refractivity contribution is 5.80. The highest BCUT2D eigenvalue weighted by atomic mass is 16.5. The van der Waals surface area contributed by atoms with E-state index in [1.807, 2.05) is 6.07 Å². The Labute approximate surface area is 143 Å². The lowest BCUT2D eigenvalue weighted by atomic mass is 10.1. The minimum absolute atomic E-state index is 0.138. The molecule has 2 rings (SSSR count). The van der Waals surface area contributed by atoms with Gasteiger partial charge in [-0.05, 0) is 56.4 Å². The number of nitrogens with one attached hydrogen (secondary N) is 1. The van der Waals surface area contributed by atoms with E-state index in [0.29, 0.717) is 32.7 Å². The Bertz CT molecular complexity index is 616. The average Bonchev–Trinajstić information content (AvgIpc) is 3.01. The van der Waals surface area contributed by atoms with Gasteiger partial charge in [-0.25, -0.2) is 4.79 Å². The maximum Gasteiger partial charge on any atom is 0.317 e. The molecule has 0 radical (unpaired) electrons. The van der Waals surface area contributed by atoms with Crippen molar-refractivity contribution in [1.82, 2.24) is 10.2 Å². The molecule has 1 heterocycles. The van der Waals surface area contributed by atoms with Crippen molar-refractivity contribution in [1.29, 1.82) is 0 Å². The smallest absolute Gasteiger partial charge is 0.317 e. The van der Waals surface area contributed by atoms with Gasteiger partial charge in [-0.2, -0.15) is 0 Å². The first-order valence-electron chi connectivity index (χ1n) is 8.41. The van der Waals surface area contributed by atoms with Crippen LogP contribution in [0.3, 0.4) is 0 Å². The second-order valence-corrected chi connectivity index (χ2v) is 6.47. The van der Waals surface area contributed by atoms with Crippen LogP contribution in [0.25, 0.3) is 0 Å². The molecule has 0 aromatic heterocycles. The molecule has 24 heavy (non-hydrogen) atoms. The number of ether oxygens (including phenoxy) is 1. The van der Waals surface area contributed by atoms with E-state index in [4.69, 9.17) is 10.5 Å². The molecule has 0 bridgehead atoms. The third-order valence-corrected chi connectivity index (χ3v) is 4.50. The summed E-state index contributed by atoms with van der Waals surface area (Å²) in [6, 6.07) is 4.04. The zero-order chi connectivity index (χ0) is 17.7. The Morgan fingerprint density at radius 3 is 2.75 bits per heavy atom. The quantitative estimate of drug-likeness (QED) is 0.780. The molecular weight excluding hydrogens is 306 g/mol. The van der Waals surface area contributed by atoms with Crippen molar-refractivity contribution in [2.75, 3.05) is 26.2 Å². The molecule has 0 spiro atoms. The number of nitrogens with zero attached hydrogens (tertiary/aromatic N) is 1. The Morgan fingerprint density at radius 1 is 1.33 bits per heavy atom. The van der Waals surface area contributed by atoms with Crippen LogP contribution in [-0.2, 0) is 4.79 Å². The lowest BCUT2D eigenvalue weighted by Crippen LogP contribution is -2.40. The first-order valence-corrected chi connectivity index (χ1v) is 8.41. The van der Waals surface area contributed by atoms with Crippen LogP contribution in [0.1, 0.15) is 29.5 Å². The minimum Gasteiger partial charge on any atom is -0.493 e. The highest BCUT2D eigenvalue weighted by Gasteiger charge is 2.29. The first-order chi connectivity index (χ1) is 11.4. The summed E-state index contributed by atoms with van der Waals surface area (Å²) in [4.78, 5) is 24.8. The predicted molar refractivity (Wildman–Crippen MR) is 93.0 cm³/mol. The number of rotatable bonds is 6. The van der Waals surface area contributed by atoms with Gasteiger partial charge in [0.2, 0.25) is 5.91 Å². The second-order valence-electron chi connectivity index (χ2n) is 6.47. The third-order valence-electron chi connectivity index (χ3n) is 4.50. The van der Waals surface area contributed by atoms with E-state index in [0.717, 1.165) is 17.7 Å². The summed E-state index contributed by atoms with van der Waals surface area (Å²) in [5.74, 6) is 0.358. The molecule has 0 unspecified atom stereocenters. The maximum atomic E-state index is 12.0. The molecule has 3 amide bonds. The molecular formula is C18H27N3O3. The van der Waals surface area contributed by atoms with Crippen LogP contribution >= 0.6 is 0 Å². The summed E-state index contributed by atoms with van der Waals surface area (Å²) < 4.78 is 5.83. The number of aryl methyl sites for hydroxylation is 2. The Hall–Kier alpha value is -2.24. The van der Waals surface area contributed by atoms with E-state index in [9.17, 15) is 9.59 Å². The van der Waals surface area contributed by atoms with Gasteiger partial charge in [0.1, 0.15) is 5.75 Å². The largest absolute Gasteiger partial charge is 0.493 e. The van der Waals surface area contributed by atoms with Gasteiger partial charge in [0.15, 0.2) is 0 Å². The summed E-state index contributed by atoms with van der Waals surface area (Å²) in [6.07, 6.45) is 1.38. The number of hydrogen-bond donors (Lipinski definition) is 2. The molecule has 0 saturated carbocycles. The number of primary amides is 1. The molecule has 1 aliphatic heterocycles. The molecule has 1 atom stereocenters. The predicted octanol–water partition coefficient (Wildman–Crippen LogP) is 1.90. The lowest BCUT2D eigenvalue weighted by molar-refractivity contribution is -0.121. The fraction of sp³-hybridized carbons (Fsp3) is 0.556. The molecule has 1 aromatic rings. The third kappa shape index (κ3) is 4.63. The number of hydrogen-bond acceptors (Lipinski definition) is 3. The van der Waals surface area contributed by atoms with Gasteiger partial charge in [0, 0.05) is 19.6 Å². The number of carbonyl (C=O) groups is 2. The zero-order valence-corrected chi connectivity index (χ0v) is 14.7. The Kier molecular flexibility index (Phi) is 6.06. The van der Waals surface area contributed by atoms with E-state index in [2.05, 4.69) is 32.2 Å². The van der Waals surface area contributed by atoms with Crippen LogP contribution in [0.4, 0.5) is 4.79 Å². The molecule has 1 aromatic carbocycles. The number of nitrogens with two attached hydrogens (primary N) is 1. The highest BCUT2D eigenvalue weighted by Crippen LogP contribution is 2.23. The van der Waals surface area contributed by atoms with Crippen LogP contribution in [0, 0.1) is 26.7 Å². The van der Waals surface area contributed by atoms with Crippen molar-refractivity contribution in [2.24, 2.45) is 11.7 Å². The van der Waals surface area contributed by atoms with Crippen molar-refractivity contribution in [3.8, 4) is 5.75 Å². The van der Waals surface area contributed by atoms with Crippen LogP contribution in [0.2, 0.25) is 0 Å². The van der Waals surface area contributed by atoms with Crippen molar-refractivity contribution < 1.29 is 14.3 Å². The number of amides is 3. The Balaban J connectivity index is 1.69. The van der Waals surface area contributed by atoms with E-state index in [-0.39, 0.29) is 17.9 Å². The molecule has 132 valence electrons. The zero-order valence-electron chi connectivity index (χ0n) is 14.7.